The number of imidazole rings is 1. The minimum atomic E-state index is -0.885. The van der Waals surface area contributed by atoms with E-state index < -0.39 is 6.09 Å². The van der Waals surface area contributed by atoms with Gasteiger partial charge in [-0.2, -0.15) is 0 Å². The van der Waals surface area contributed by atoms with E-state index in [1.54, 1.807) is 7.11 Å². The number of aromatic nitrogens is 2. The molecule has 0 radical (unpaired) electrons. The standard InChI is InChI=1S/C19H19N3O3/c1-25-17-9-3-2-6-13(17)14-7-4-10-21-12-15(20-18(14)21)16-8-5-11-22(16)19(23)24/h2-4,6-7,9-10,12,16H,5,8,11H2,1H3,(H,23,24). The van der Waals surface area contributed by atoms with Crippen LogP contribution in [0.5, 0.6) is 5.75 Å². The molecule has 1 N–H and O–H groups in total. The molecule has 1 saturated heterocycles. The Bertz CT molecular complexity index is 935. The molecular weight excluding hydrogens is 318 g/mol. The second-order valence-corrected chi connectivity index (χ2v) is 6.15. The summed E-state index contributed by atoms with van der Waals surface area (Å²) < 4.78 is 7.43. The summed E-state index contributed by atoms with van der Waals surface area (Å²) in [4.78, 5) is 17.7. The fourth-order valence-corrected chi connectivity index (χ4v) is 3.57. The van der Waals surface area contributed by atoms with Crippen molar-refractivity contribution in [3.05, 3.63) is 54.5 Å². The number of methoxy groups -OCH3 is 1. The average Bonchev–Trinajstić information content (AvgIpc) is 3.27. The Morgan fingerprint density at radius 2 is 2.04 bits per heavy atom. The zero-order valence-electron chi connectivity index (χ0n) is 13.9. The van der Waals surface area contributed by atoms with E-state index in [9.17, 15) is 9.90 Å². The van der Waals surface area contributed by atoms with Gasteiger partial charge < -0.3 is 14.2 Å². The van der Waals surface area contributed by atoms with Gasteiger partial charge in [0.1, 0.15) is 11.4 Å². The highest BCUT2D eigenvalue weighted by molar-refractivity contribution is 5.81. The van der Waals surface area contributed by atoms with Gasteiger partial charge in [-0.1, -0.05) is 18.2 Å². The van der Waals surface area contributed by atoms with E-state index in [1.165, 1.54) is 4.90 Å². The first-order valence-electron chi connectivity index (χ1n) is 8.29. The molecule has 6 nitrogen and oxygen atoms in total. The van der Waals surface area contributed by atoms with E-state index in [4.69, 9.17) is 9.72 Å². The second-order valence-electron chi connectivity index (χ2n) is 6.15. The molecule has 1 fully saturated rings. The van der Waals surface area contributed by atoms with Crippen molar-refractivity contribution in [3.63, 3.8) is 0 Å². The van der Waals surface area contributed by atoms with Crippen LogP contribution in [0.3, 0.4) is 0 Å². The molecule has 25 heavy (non-hydrogen) atoms. The summed E-state index contributed by atoms with van der Waals surface area (Å²) in [6, 6.07) is 11.6. The Hall–Kier alpha value is -3.02. The number of carboxylic acid groups (broad SMARTS) is 1. The van der Waals surface area contributed by atoms with Gasteiger partial charge in [-0.25, -0.2) is 9.78 Å². The van der Waals surface area contributed by atoms with Gasteiger partial charge in [0.2, 0.25) is 0 Å². The van der Waals surface area contributed by atoms with Crippen molar-refractivity contribution in [2.24, 2.45) is 0 Å². The second kappa shape index (κ2) is 6.12. The highest BCUT2D eigenvalue weighted by Gasteiger charge is 2.31. The highest BCUT2D eigenvalue weighted by atomic mass is 16.5. The molecule has 0 spiro atoms. The predicted octanol–water partition coefficient (Wildman–Crippen LogP) is 3.82. The summed E-state index contributed by atoms with van der Waals surface area (Å²) in [5, 5.41) is 9.40. The normalized spacial score (nSPS) is 17.2. The number of fused-ring (bicyclic) bond motifs is 1. The van der Waals surface area contributed by atoms with Gasteiger partial charge in [-0.05, 0) is 31.0 Å². The van der Waals surface area contributed by atoms with Crippen molar-refractivity contribution in [2.75, 3.05) is 13.7 Å². The summed E-state index contributed by atoms with van der Waals surface area (Å²) in [5.41, 5.74) is 3.53. The average molecular weight is 337 g/mol. The van der Waals surface area contributed by atoms with Gasteiger partial charge in [0.15, 0.2) is 0 Å². The van der Waals surface area contributed by atoms with Crippen LogP contribution in [0.1, 0.15) is 24.6 Å². The Kier molecular flexibility index (Phi) is 3.80. The number of amides is 1. The number of para-hydroxylation sites is 1. The van der Waals surface area contributed by atoms with Crippen molar-refractivity contribution >= 4 is 11.7 Å². The molecule has 128 valence electrons. The minimum absolute atomic E-state index is 0.178. The quantitative estimate of drug-likeness (QED) is 0.789. The van der Waals surface area contributed by atoms with E-state index in [2.05, 4.69) is 0 Å². The highest BCUT2D eigenvalue weighted by Crippen LogP contribution is 2.35. The number of hydrogen-bond donors (Lipinski definition) is 1. The molecule has 4 rings (SSSR count). The van der Waals surface area contributed by atoms with E-state index in [1.807, 2.05) is 53.2 Å². The minimum Gasteiger partial charge on any atom is -0.496 e. The number of pyridine rings is 1. The lowest BCUT2D eigenvalue weighted by atomic mass is 10.1. The Balaban J connectivity index is 1.83. The number of likely N-dealkylation sites (tertiary alicyclic amines) is 1. The Morgan fingerprint density at radius 1 is 1.24 bits per heavy atom. The van der Waals surface area contributed by atoms with Crippen LogP contribution in [0.2, 0.25) is 0 Å². The predicted molar refractivity (Wildman–Crippen MR) is 93.9 cm³/mol. The molecule has 1 unspecified atom stereocenters. The number of benzene rings is 1. The summed E-state index contributed by atoms with van der Waals surface area (Å²) >= 11 is 0. The summed E-state index contributed by atoms with van der Waals surface area (Å²) in [5.74, 6) is 0.785. The molecule has 2 aromatic heterocycles. The molecule has 0 aliphatic carbocycles. The molecule has 1 atom stereocenters. The Morgan fingerprint density at radius 3 is 2.84 bits per heavy atom. The molecule has 3 aromatic rings. The van der Waals surface area contributed by atoms with Gasteiger partial charge in [0.25, 0.3) is 0 Å². The van der Waals surface area contributed by atoms with E-state index in [0.717, 1.165) is 41.1 Å². The SMILES string of the molecule is COc1ccccc1-c1cccn2cc(C3CCCN3C(=O)O)nc12. The smallest absolute Gasteiger partial charge is 0.407 e. The third-order valence-corrected chi connectivity index (χ3v) is 4.74. The van der Waals surface area contributed by atoms with Gasteiger partial charge in [-0.15, -0.1) is 0 Å². The van der Waals surface area contributed by atoms with Crippen LogP contribution in [0.4, 0.5) is 4.79 Å². The van der Waals surface area contributed by atoms with Crippen molar-refractivity contribution in [2.45, 2.75) is 18.9 Å². The van der Waals surface area contributed by atoms with Crippen molar-refractivity contribution in [1.29, 1.82) is 0 Å². The lowest BCUT2D eigenvalue weighted by Crippen LogP contribution is -2.28. The monoisotopic (exact) mass is 337 g/mol. The van der Waals surface area contributed by atoms with Crippen LogP contribution in [0.15, 0.2) is 48.8 Å². The Labute approximate surface area is 145 Å². The van der Waals surface area contributed by atoms with E-state index in [0.29, 0.717) is 6.54 Å². The maximum atomic E-state index is 11.4. The van der Waals surface area contributed by atoms with Gasteiger partial charge in [0.05, 0.1) is 18.8 Å². The maximum absolute atomic E-state index is 11.4. The summed E-state index contributed by atoms with van der Waals surface area (Å²) in [7, 11) is 1.65. The first-order valence-corrected chi connectivity index (χ1v) is 8.29. The van der Waals surface area contributed by atoms with Crippen LogP contribution in [-0.4, -0.2) is 39.1 Å². The summed E-state index contributed by atoms with van der Waals surface area (Å²) in [6.45, 7) is 0.563. The largest absolute Gasteiger partial charge is 0.496 e. The number of nitrogens with zero attached hydrogens (tertiary/aromatic N) is 3. The maximum Gasteiger partial charge on any atom is 0.407 e. The fourth-order valence-electron chi connectivity index (χ4n) is 3.57. The molecule has 6 heteroatoms. The third-order valence-electron chi connectivity index (χ3n) is 4.74. The number of carbonyl (C=O) groups is 1. The topological polar surface area (TPSA) is 67.1 Å². The molecule has 1 aromatic carbocycles. The number of hydrogen-bond acceptors (Lipinski definition) is 3. The molecule has 3 heterocycles. The van der Waals surface area contributed by atoms with Gasteiger partial charge in [-0.3, -0.25) is 4.90 Å². The number of rotatable bonds is 3. The zero-order chi connectivity index (χ0) is 17.4. The van der Waals surface area contributed by atoms with Crippen LogP contribution in [0.25, 0.3) is 16.8 Å². The van der Waals surface area contributed by atoms with Crippen molar-refractivity contribution in [1.82, 2.24) is 14.3 Å². The molecule has 1 aliphatic heterocycles. The molecule has 1 amide bonds. The first-order chi connectivity index (χ1) is 12.2. The first kappa shape index (κ1) is 15.5. The van der Waals surface area contributed by atoms with Gasteiger partial charge in [0, 0.05) is 30.1 Å². The lowest BCUT2D eigenvalue weighted by Gasteiger charge is -2.19. The van der Waals surface area contributed by atoms with E-state index >= 15 is 0 Å². The van der Waals surface area contributed by atoms with Crippen molar-refractivity contribution in [3.8, 4) is 16.9 Å². The van der Waals surface area contributed by atoms with Gasteiger partial charge >= 0.3 is 6.09 Å². The van der Waals surface area contributed by atoms with Crippen LogP contribution in [-0.2, 0) is 0 Å². The third kappa shape index (κ3) is 2.59. The zero-order valence-corrected chi connectivity index (χ0v) is 13.9. The van der Waals surface area contributed by atoms with E-state index in [-0.39, 0.29) is 6.04 Å². The van der Waals surface area contributed by atoms with Crippen LogP contribution in [0, 0.1) is 0 Å². The molecule has 0 saturated carbocycles. The molecule has 0 bridgehead atoms. The fraction of sp³-hybridized carbons (Fsp3) is 0.263. The lowest BCUT2D eigenvalue weighted by molar-refractivity contribution is 0.139. The molecular formula is C19H19N3O3. The summed E-state index contributed by atoms with van der Waals surface area (Å²) in [6.07, 6.45) is 4.65. The number of ether oxygens (including phenoxy) is 1. The van der Waals surface area contributed by atoms with Crippen LogP contribution >= 0.6 is 0 Å². The van der Waals surface area contributed by atoms with Crippen molar-refractivity contribution < 1.29 is 14.6 Å². The molecule has 1 aliphatic rings. The van der Waals surface area contributed by atoms with Crippen LogP contribution < -0.4 is 4.74 Å².